The monoisotopic (exact) mass is 198 g/mol. The maximum absolute atomic E-state index is 5.61. The van der Waals surface area contributed by atoms with Gasteiger partial charge >= 0.3 is 0 Å². The quantitative estimate of drug-likeness (QED) is 0.676. The van der Waals surface area contributed by atoms with Crippen LogP contribution in [0.3, 0.4) is 0 Å². The fourth-order valence-corrected chi connectivity index (χ4v) is 2.59. The zero-order chi connectivity index (χ0) is 10.0. The lowest BCUT2D eigenvalue weighted by Gasteiger charge is -2.47. The molecule has 0 amide bonds. The average Bonchev–Trinajstić information content (AvgIpc) is 2.19. The van der Waals surface area contributed by atoms with Gasteiger partial charge in [-0.15, -0.1) is 0 Å². The molecule has 0 spiro atoms. The molecule has 1 N–H and O–H groups in total. The number of hydrogen-bond acceptors (Lipinski definition) is 3. The van der Waals surface area contributed by atoms with Crippen LogP contribution < -0.4 is 5.32 Å². The van der Waals surface area contributed by atoms with Gasteiger partial charge in [-0.05, 0) is 26.7 Å². The molecule has 2 aliphatic rings. The van der Waals surface area contributed by atoms with Crippen LogP contribution in [0.15, 0.2) is 0 Å². The topological polar surface area (TPSA) is 24.5 Å². The van der Waals surface area contributed by atoms with Crippen LogP contribution in [-0.2, 0) is 4.74 Å². The van der Waals surface area contributed by atoms with Gasteiger partial charge in [0, 0.05) is 37.8 Å². The van der Waals surface area contributed by atoms with E-state index in [2.05, 4.69) is 24.1 Å². The summed E-state index contributed by atoms with van der Waals surface area (Å²) in [6, 6.07) is 0.627. The van der Waals surface area contributed by atoms with Gasteiger partial charge in [0.15, 0.2) is 0 Å². The summed E-state index contributed by atoms with van der Waals surface area (Å²) in [6.45, 7) is 9.95. The van der Waals surface area contributed by atoms with Crippen molar-refractivity contribution in [3.05, 3.63) is 0 Å². The van der Waals surface area contributed by atoms with Gasteiger partial charge in [0.25, 0.3) is 0 Å². The Bertz CT molecular complexity index is 190. The number of rotatable bonds is 1. The Morgan fingerprint density at radius 2 is 2.36 bits per heavy atom. The lowest BCUT2D eigenvalue weighted by Crippen LogP contribution is -2.60. The highest BCUT2D eigenvalue weighted by molar-refractivity contribution is 4.92. The molecule has 3 nitrogen and oxygen atoms in total. The highest BCUT2D eigenvalue weighted by Gasteiger charge is 2.35. The minimum absolute atomic E-state index is 0.300. The van der Waals surface area contributed by atoms with Crippen LogP contribution in [0.4, 0.5) is 0 Å². The Hall–Kier alpha value is -0.120. The molecular weight excluding hydrogens is 176 g/mol. The second-order valence-corrected chi connectivity index (χ2v) is 4.95. The molecule has 2 fully saturated rings. The highest BCUT2D eigenvalue weighted by Crippen LogP contribution is 2.26. The second kappa shape index (κ2) is 4.17. The summed E-state index contributed by atoms with van der Waals surface area (Å²) in [6.07, 6.45) is 2.51. The zero-order valence-electron chi connectivity index (χ0n) is 9.38. The lowest BCUT2D eigenvalue weighted by molar-refractivity contribution is -0.0487. The fourth-order valence-electron chi connectivity index (χ4n) is 2.59. The molecular formula is C11H22N2O. The van der Waals surface area contributed by atoms with Crippen molar-refractivity contribution < 1.29 is 4.74 Å². The van der Waals surface area contributed by atoms with Gasteiger partial charge in [-0.1, -0.05) is 0 Å². The van der Waals surface area contributed by atoms with Gasteiger partial charge in [0.05, 0.1) is 6.61 Å². The first-order valence-electron chi connectivity index (χ1n) is 5.77. The third-order valence-corrected chi connectivity index (χ3v) is 3.55. The normalized spacial score (nSPS) is 41.1. The van der Waals surface area contributed by atoms with Crippen LogP contribution in [0.5, 0.6) is 0 Å². The SMILES string of the molecule is CC1CN(C2(C)CCCOC2)CCN1. The van der Waals surface area contributed by atoms with Gasteiger partial charge < -0.3 is 10.1 Å². The van der Waals surface area contributed by atoms with Gasteiger partial charge in [-0.2, -0.15) is 0 Å². The predicted octanol–water partition coefficient (Wildman–Crippen LogP) is 0.849. The van der Waals surface area contributed by atoms with Crippen molar-refractivity contribution in [1.82, 2.24) is 10.2 Å². The van der Waals surface area contributed by atoms with E-state index in [-0.39, 0.29) is 0 Å². The first kappa shape index (κ1) is 10.4. The zero-order valence-corrected chi connectivity index (χ0v) is 9.38. The summed E-state index contributed by atoms with van der Waals surface area (Å²) in [5.74, 6) is 0. The standard InChI is InChI=1S/C11H22N2O/c1-10-8-13(6-5-12-10)11(2)4-3-7-14-9-11/h10,12H,3-9H2,1-2H3. The van der Waals surface area contributed by atoms with Crippen molar-refractivity contribution in [3.8, 4) is 0 Å². The van der Waals surface area contributed by atoms with E-state index < -0.39 is 0 Å². The molecule has 14 heavy (non-hydrogen) atoms. The molecule has 2 saturated heterocycles. The summed E-state index contributed by atoms with van der Waals surface area (Å²) in [5, 5.41) is 3.49. The van der Waals surface area contributed by atoms with E-state index in [1.807, 2.05) is 0 Å². The number of piperazine rings is 1. The molecule has 82 valence electrons. The van der Waals surface area contributed by atoms with E-state index >= 15 is 0 Å². The van der Waals surface area contributed by atoms with Crippen LogP contribution in [0, 0.1) is 0 Å². The molecule has 0 radical (unpaired) electrons. The summed E-state index contributed by atoms with van der Waals surface area (Å²) >= 11 is 0. The molecule has 3 heteroatoms. The maximum atomic E-state index is 5.61. The van der Waals surface area contributed by atoms with E-state index in [0.717, 1.165) is 19.8 Å². The molecule has 2 rings (SSSR count). The molecule has 0 saturated carbocycles. The van der Waals surface area contributed by atoms with E-state index in [1.165, 1.54) is 25.9 Å². The van der Waals surface area contributed by atoms with Crippen molar-refractivity contribution in [1.29, 1.82) is 0 Å². The largest absolute Gasteiger partial charge is 0.380 e. The van der Waals surface area contributed by atoms with Crippen LogP contribution in [0.2, 0.25) is 0 Å². The predicted molar refractivity (Wildman–Crippen MR) is 57.5 cm³/mol. The van der Waals surface area contributed by atoms with E-state index in [9.17, 15) is 0 Å². The van der Waals surface area contributed by atoms with E-state index in [1.54, 1.807) is 0 Å². The number of ether oxygens (including phenoxy) is 1. The first-order valence-corrected chi connectivity index (χ1v) is 5.77. The molecule has 2 unspecified atom stereocenters. The Morgan fingerprint density at radius 3 is 3.00 bits per heavy atom. The number of hydrogen-bond donors (Lipinski definition) is 1. The van der Waals surface area contributed by atoms with Crippen LogP contribution >= 0.6 is 0 Å². The summed E-state index contributed by atoms with van der Waals surface area (Å²) in [5.41, 5.74) is 0.300. The summed E-state index contributed by atoms with van der Waals surface area (Å²) < 4.78 is 5.61. The Labute approximate surface area is 86.8 Å². The lowest BCUT2D eigenvalue weighted by atomic mass is 9.91. The minimum atomic E-state index is 0.300. The number of nitrogens with one attached hydrogen (secondary N) is 1. The van der Waals surface area contributed by atoms with Crippen molar-refractivity contribution in [2.45, 2.75) is 38.3 Å². The molecule has 2 heterocycles. The van der Waals surface area contributed by atoms with Gasteiger partial charge in [-0.3, -0.25) is 4.90 Å². The average molecular weight is 198 g/mol. The minimum Gasteiger partial charge on any atom is -0.380 e. The Balaban J connectivity index is 1.97. The highest BCUT2D eigenvalue weighted by atomic mass is 16.5. The van der Waals surface area contributed by atoms with Crippen LogP contribution in [0.25, 0.3) is 0 Å². The fraction of sp³-hybridized carbons (Fsp3) is 1.00. The van der Waals surface area contributed by atoms with Crippen molar-refractivity contribution in [2.24, 2.45) is 0 Å². The maximum Gasteiger partial charge on any atom is 0.0647 e. The Morgan fingerprint density at radius 1 is 1.50 bits per heavy atom. The van der Waals surface area contributed by atoms with Crippen molar-refractivity contribution >= 4 is 0 Å². The van der Waals surface area contributed by atoms with Crippen molar-refractivity contribution in [3.63, 3.8) is 0 Å². The third kappa shape index (κ3) is 2.10. The van der Waals surface area contributed by atoms with Gasteiger partial charge in [0.2, 0.25) is 0 Å². The number of nitrogens with zero attached hydrogens (tertiary/aromatic N) is 1. The summed E-state index contributed by atoms with van der Waals surface area (Å²) in [4.78, 5) is 2.60. The van der Waals surface area contributed by atoms with E-state index in [0.29, 0.717) is 11.6 Å². The van der Waals surface area contributed by atoms with E-state index in [4.69, 9.17) is 4.74 Å². The molecule has 0 bridgehead atoms. The Kier molecular flexibility index (Phi) is 3.10. The summed E-state index contributed by atoms with van der Waals surface area (Å²) in [7, 11) is 0. The first-order chi connectivity index (χ1) is 6.71. The molecule has 2 aliphatic heterocycles. The second-order valence-electron chi connectivity index (χ2n) is 4.95. The van der Waals surface area contributed by atoms with Crippen LogP contribution in [0.1, 0.15) is 26.7 Å². The molecule has 0 aromatic heterocycles. The van der Waals surface area contributed by atoms with Gasteiger partial charge in [-0.25, -0.2) is 0 Å². The molecule has 2 atom stereocenters. The van der Waals surface area contributed by atoms with Crippen LogP contribution in [-0.4, -0.2) is 49.3 Å². The molecule has 0 aromatic carbocycles. The molecule has 0 aliphatic carbocycles. The van der Waals surface area contributed by atoms with Crippen molar-refractivity contribution in [2.75, 3.05) is 32.8 Å². The van der Waals surface area contributed by atoms with Gasteiger partial charge in [0.1, 0.15) is 0 Å². The molecule has 0 aromatic rings. The smallest absolute Gasteiger partial charge is 0.0647 e. The third-order valence-electron chi connectivity index (χ3n) is 3.55.